The summed E-state index contributed by atoms with van der Waals surface area (Å²) in [5, 5.41) is 3.35. The zero-order valence-corrected chi connectivity index (χ0v) is 11.2. The van der Waals surface area contributed by atoms with Gasteiger partial charge in [0.05, 0.1) is 13.2 Å². The average Bonchev–Trinajstić information content (AvgIpc) is 2.61. The van der Waals surface area contributed by atoms with Gasteiger partial charge in [-0.2, -0.15) is 0 Å². The molecule has 0 bridgehead atoms. The maximum Gasteiger partial charge on any atom is 0.169 e. The van der Waals surface area contributed by atoms with E-state index in [1.54, 1.807) is 12.1 Å². The van der Waals surface area contributed by atoms with Gasteiger partial charge in [0.2, 0.25) is 0 Å². The number of hydrogen-bond donors (Lipinski definition) is 1. The van der Waals surface area contributed by atoms with Crippen molar-refractivity contribution in [2.24, 2.45) is 5.92 Å². The molecule has 1 saturated heterocycles. The van der Waals surface area contributed by atoms with Gasteiger partial charge >= 0.3 is 0 Å². The van der Waals surface area contributed by atoms with Crippen LogP contribution in [-0.4, -0.2) is 18.9 Å². The molecule has 1 N–H and O–H groups in total. The molecule has 0 aromatic heterocycles. The van der Waals surface area contributed by atoms with Crippen molar-refractivity contribution >= 4 is 0 Å². The molecule has 3 rings (SSSR count). The van der Waals surface area contributed by atoms with Crippen LogP contribution in [0, 0.1) is 11.7 Å². The third-order valence-corrected chi connectivity index (χ3v) is 4.28. The molecule has 1 atom stereocenters. The van der Waals surface area contributed by atoms with Gasteiger partial charge in [-0.25, -0.2) is 4.39 Å². The highest BCUT2D eigenvalue weighted by atomic mass is 19.1. The summed E-state index contributed by atoms with van der Waals surface area (Å²) >= 11 is 0. The maximum absolute atomic E-state index is 13.3. The minimum atomic E-state index is -0.558. The minimum Gasteiger partial charge on any atom is -0.345 e. The summed E-state index contributed by atoms with van der Waals surface area (Å²) in [6, 6.07) is 4.82. The Morgan fingerprint density at radius 2 is 1.84 bits per heavy atom. The first kappa shape index (κ1) is 13.0. The molecule has 3 nitrogen and oxygen atoms in total. The van der Waals surface area contributed by atoms with Gasteiger partial charge in [-0.1, -0.05) is 6.07 Å². The van der Waals surface area contributed by atoms with Crippen molar-refractivity contribution < 1.29 is 13.9 Å². The Kier molecular flexibility index (Phi) is 3.56. The molecule has 2 aliphatic rings. The monoisotopic (exact) mass is 265 g/mol. The summed E-state index contributed by atoms with van der Waals surface area (Å²) in [6.07, 6.45) is 2.11. The fraction of sp³-hybridized carbons (Fsp3) is 0.600. The first-order valence-electron chi connectivity index (χ1n) is 6.93. The minimum absolute atomic E-state index is 0.215. The summed E-state index contributed by atoms with van der Waals surface area (Å²) in [4.78, 5) is 0. The molecule has 0 saturated carbocycles. The Labute approximate surface area is 113 Å². The summed E-state index contributed by atoms with van der Waals surface area (Å²) in [5.74, 6) is -0.377. The number of hydrogen-bond acceptors (Lipinski definition) is 3. The third-order valence-electron chi connectivity index (χ3n) is 4.28. The highest BCUT2D eigenvalue weighted by molar-refractivity contribution is 5.27. The normalized spacial score (nSPS) is 28.7. The molecule has 2 aliphatic heterocycles. The molecular weight excluding hydrogens is 245 g/mol. The van der Waals surface area contributed by atoms with E-state index >= 15 is 0 Å². The first-order chi connectivity index (χ1) is 9.17. The number of ether oxygens (including phenoxy) is 2. The van der Waals surface area contributed by atoms with Gasteiger partial charge in [0.25, 0.3) is 0 Å². The molecule has 0 amide bonds. The fourth-order valence-corrected chi connectivity index (χ4v) is 2.94. The van der Waals surface area contributed by atoms with Crippen LogP contribution in [0.2, 0.25) is 0 Å². The molecule has 1 aromatic carbocycles. The van der Waals surface area contributed by atoms with Crippen molar-refractivity contribution in [3.63, 3.8) is 0 Å². The molecule has 1 aromatic rings. The molecule has 4 heteroatoms. The Morgan fingerprint density at radius 3 is 2.58 bits per heavy atom. The van der Waals surface area contributed by atoms with Crippen LogP contribution in [-0.2, 0) is 22.7 Å². The Balaban J connectivity index is 1.78. The van der Waals surface area contributed by atoms with Crippen LogP contribution in [0.4, 0.5) is 4.39 Å². The summed E-state index contributed by atoms with van der Waals surface area (Å²) in [6.45, 7) is 4.96. The zero-order valence-electron chi connectivity index (χ0n) is 11.2. The topological polar surface area (TPSA) is 30.5 Å². The van der Waals surface area contributed by atoms with Gasteiger partial charge in [0.15, 0.2) is 5.79 Å². The lowest BCUT2D eigenvalue weighted by molar-refractivity contribution is -0.265. The maximum atomic E-state index is 13.3. The van der Waals surface area contributed by atoms with Gasteiger partial charge in [-0.3, -0.25) is 0 Å². The van der Waals surface area contributed by atoms with E-state index in [0.717, 1.165) is 37.1 Å². The van der Waals surface area contributed by atoms with E-state index in [4.69, 9.17) is 9.47 Å². The molecule has 1 fully saturated rings. The van der Waals surface area contributed by atoms with Gasteiger partial charge in [-0.05, 0) is 56.1 Å². The molecule has 0 radical (unpaired) electrons. The largest absolute Gasteiger partial charge is 0.345 e. The predicted molar refractivity (Wildman–Crippen MR) is 70.0 cm³/mol. The Hall–Kier alpha value is -0.970. The second-order valence-corrected chi connectivity index (χ2v) is 5.53. The molecule has 104 valence electrons. The Bertz CT molecular complexity index is 459. The molecule has 0 aliphatic carbocycles. The van der Waals surface area contributed by atoms with Crippen LogP contribution in [0.3, 0.4) is 0 Å². The summed E-state index contributed by atoms with van der Waals surface area (Å²) in [5.41, 5.74) is 1.93. The average molecular weight is 265 g/mol. The number of fused-ring (bicyclic) bond motifs is 1. The second-order valence-electron chi connectivity index (χ2n) is 5.53. The smallest absolute Gasteiger partial charge is 0.169 e. The molecular formula is C15H20FNO2. The predicted octanol–water partition coefficient (Wildman–Crippen LogP) is 2.59. The molecule has 0 spiro atoms. The van der Waals surface area contributed by atoms with Crippen LogP contribution >= 0.6 is 0 Å². The number of piperidine rings is 1. The number of halogens is 1. The molecule has 19 heavy (non-hydrogen) atoms. The lowest BCUT2D eigenvalue weighted by Crippen LogP contribution is -2.44. The van der Waals surface area contributed by atoms with Crippen LogP contribution in [0.1, 0.15) is 30.9 Å². The SMILES string of the molecule is CC1(C2CCNCC2)OCc2ccc(F)cc2CO1. The number of benzene rings is 1. The summed E-state index contributed by atoms with van der Waals surface area (Å²) in [7, 11) is 0. The summed E-state index contributed by atoms with van der Waals surface area (Å²) < 4.78 is 25.3. The van der Waals surface area contributed by atoms with E-state index in [0.29, 0.717) is 19.1 Å². The zero-order chi connectivity index (χ0) is 13.3. The van der Waals surface area contributed by atoms with E-state index in [9.17, 15) is 4.39 Å². The molecule has 1 unspecified atom stereocenters. The van der Waals surface area contributed by atoms with Crippen LogP contribution in [0.25, 0.3) is 0 Å². The van der Waals surface area contributed by atoms with Gasteiger partial charge in [-0.15, -0.1) is 0 Å². The van der Waals surface area contributed by atoms with Gasteiger partial charge in [0, 0.05) is 5.92 Å². The first-order valence-corrected chi connectivity index (χ1v) is 6.93. The van der Waals surface area contributed by atoms with Crippen molar-refractivity contribution in [3.05, 3.63) is 35.1 Å². The van der Waals surface area contributed by atoms with Crippen molar-refractivity contribution in [3.8, 4) is 0 Å². The van der Waals surface area contributed by atoms with Crippen molar-refractivity contribution in [2.45, 2.75) is 38.8 Å². The van der Waals surface area contributed by atoms with Gasteiger partial charge < -0.3 is 14.8 Å². The third kappa shape index (κ3) is 2.66. The Morgan fingerprint density at radius 1 is 1.16 bits per heavy atom. The van der Waals surface area contributed by atoms with Crippen molar-refractivity contribution in [2.75, 3.05) is 13.1 Å². The lowest BCUT2D eigenvalue weighted by atomic mass is 9.90. The highest BCUT2D eigenvalue weighted by Crippen LogP contribution is 2.35. The van der Waals surface area contributed by atoms with Crippen molar-refractivity contribution in [1.29, 1.82) is 0 Å². The van der Waals surface area contributed by atoms with Gasteiger partial charge in [0.1, 0.15) is 5.82 Å². The van der Waals surface area contributed by atoms with Crippen LogP contribution in [0.15, 0.2) is 18.2 Å². The van der Waals surface area contributed by atoms with Crippen LogP contribution in [0.5, 0.6) is 0 Å². The van der Waals surface area contributed by atoms with Crippen molar-refractivity contribution in [1.82, 2.24) is 5.32 Å². The molecule has 2 heterocycles. The lowest BCUT2D eigenvalue weighted by Gasteiger charge is -2.38. The van der Waals surface area contributed by atoms with E-state index in [2.05, 4.69) is 5.32 Å². The fourth-order valence-electron chi connectivity index (χ4n) is 2.94. The standard InChI is InChI=1S/C15H20FNO2/c1-15(13-4-6-17-7-5-13)18-9-11-2-3-14(16)8-12(11)10-19-15/h2-3,8,13,17H,4-7,9-10H2,1H3. The quantitative estimate of drug-likeness (QED) is 0.846. The number of rotatable bonds is 1. The second kappa shape index (κ2) is 5.19. The van der Waals surface area contributed by atoms with E-state index in [-0.39, 0.29) is 5.82 Å². The van der Waals surface area contributed by atoms with Crippen LogP contribution < -0.4 is 5.32 Å². The van der Waals surface area contributed by atoms with E-state index in [1.165, 1.54) is 6.07 Å². The number of nitrogens with one attached hydrogen (secondary N) is 1. The highest BCUT2D eigenvalue weighted by Gasteiger charge is 2.38. The van der Waals surface area contributed by atoms with E-state index < -0.39 is 5.79 Å². The van der Waals surface area contributed by atoms with E-state index in [1.807, 2.05) is 6.92 Å².